The van der Waals surface area contributed by atoms with Gasteiger partial charge in [-0.15, -0.1) is 0 Å². The van der Waals surface area contributed by atoms with Crippen LogP contribution in [0.3, 0.4) is 0 Å². The monoisotopic (exact) mass is 352 g/mol. The molecular formula is C22H16N4O. The number of allylic oxidation sites excluding steroid dienone is 1. The molecule has 0 aliphatic heterocycles. The molecule has 0 atom stereocenters. The van der Waals surface area contributed by atoms with Gasteiger partial charge in [-0.05, 0) is 34.9 Å². The lowest BCUT2D eigenvalue weighted by Gasteiger charge is -2.08. The van der Waals surface area contributed by atoms with Crippen LogP contribution in [0, 0.1) is 0 Å². The van der Waals surface area contributed by atoms with Gasteiger partial charge in [-0.25, -0.2) is 9.97 Å². The standard InChI is InChI=1S/C22H16N4O/c27-22-19-4-2-10-23-21(19)25-14-26(22)13-15-6-8-16(9-7-15)18-11-17-3-1-5-20(17)24-12-18/h1-4,6-12,14H,5,13H2. The average molecular weight is 352 g/mol. The summed E-state index contributed by atoms with van der Waals surface area (Å²) in [4.78, 5) is 25.5. The third-order valence-corrected chi connectivity index (χ3v) is 4.85. The molecule has 0 fully saturated rings. The van der Waals surface area contributed by atoms with Crippen LogP contribution in [0.4, 0.5) is 0 Å². The third kappa shape index (κ3) is 2.83. The normalized spacial score (nSPS) is 12.4. The molecule has 27 heavy (non-hydrogen) atoms. The second-order valence-corrected chi connectivity index (χ2v) is 6.62. The minimum atomic E-state index is -0.0771. The van der Waals surface area contributed by atoms with Crippen LogP contribution in [-0.2, 0) is 13.0 Å². The van der Waals surface area contributed by atoms with Gasteiger partial charge in [0.15, 0.2) is 5.65 Å². The van der Waals surface area contributed by atoms with E-state index >= 15 is 0 Å². The fourth-order valence-corrected chi connectivity index (χ4v) is 3.39. The molecular weight excluding hydrogens is 336 g/mol. The van der Waals surface area contributed by atoms with Gasteiger partial charge in [-0.2, -0.15) is 0 Å². The Labute approximate surface area is 155 Å². The first-order valence-electron chi connectivity index (χ1n) is 8.83. The second kappa shape index (κ2) is 6.29. The molecule has 0 saturated heterocycles. The quantitative estimate of drug-likeness (QED) is 0.566. The summed E-state index contributed by atoms with van der Waals surface area (Å²) in [6, 6.07) is 13.9. The lowest BCUT2D eigenvalue weighted by atomic mass is 10.0. The molecule has 0 bridgehead atoms. The van der Waals surface area contributed by atoms with Crippen LogP contribution in [0.5, 0.6) is 0 Å². The summed E-state index contributed by atoms with van der Waals surface area (Å²) in [6.45, 7) is 0.474. The molecule has 0 unspecified atom stereocenters. The highest BCUT2D eigenvalue weighted by Crippen LogP contribution is 2.25. The zero-order valence-corrected chi connectivity index (χ0v) is 14.5. The molecule has 4 aromatic rings. The van der Waals surface area contributed by atoms with E-state index in [0.717, 1.165) is 28.8 Å². The van der Waals surface area contributed by atoms with E-state index in [1.54, 1.807) is 29.2 Å². The number of hydrogen-bond acceptors (Lipinski definition) is 4. The van der Waals surface area contributed by atoms with E-state index in [-0.39, 0.29) is 5.56 Å². The largest absolute Gasteiger partial charge is 0.294 e. The predicted octanol–water partition coefficient (Wildman–Crippen LogP) is 3.47. The van der Waals surface area contributed by atoms with Crippen molar-refractivity contribution in [3.05, 3.63) is 94.4 Å². The van der Waals surface area contributed by atoms with Gasteiger partial charge in [0.25, 0.3) is 5.56 Å². The molecule has 0 radical (unpaired) electrons. The molecule has 0 saturated carbocycles. The van der Waals surface area contributed by atoms with Crippen molar-refractivity contribution in [1.82, 2.24) is 19.5 Å². The molecule has 1 aromatic carbocycles. The fourth-order valence-electron chi connectivity index (χ4n) is 3.39. The Bertz CT molecular complexity index is 1240. The molecule has 3 aromatic heterocycles. The summed E-state index contributed by atoms with van der Waals surface area (Å²) in [5, 5.41) is 0.536. The molecule has 130 valence electrons. The van der Waals surface area contributed by atoms with Crippen molar-refractivity contribution in [1.29, 1.82) is 0 Å². The number of rotatable bonds is 3. The first kappa shape index (κ1) is 15.6. The molecule has 3 heterocycles. The van der Waals surface area contributed by atoms with E-state index in [9.17, 15) is 4.79 Å². The van der Waals surface area contributed by atoms with E-state index in [2.05, 4.69) is 45.3 Å². The molecule has 5 heteroatoms. The van der Waals surface area contributed by atoms with E-state index in [1.807, 2.05) is 18.3 Å². The van der Waals surface area contributed by atoms with Crippen molar-refractivity contribution >= 4 is 17.1 Å². The average Bonchev–Trinajstić information content (AvgIpc) is 3.19. The Morgan fingerprint density at radius 3 is 2.78 bits per heavy atom. The second-order valence-electron chi connectivity index (χ2n) is 6.62. The van der Waals surface area contributed by atoms with E-state index in [0.29, 0.717) is 17.6 Å². The number of fused-ring (bicyclic) bond motifs is 2. The first-order valence-corrected chi connectivity index (χ1v) is 8.83. The molecule has 0 spiro atoms. The predicted molar refractivity (Wildman–Crippen MR) is 105 cm³/mol. The molecule has 5 nitrogen and oxygen atoms in total. The number of pyridine rings is 2. The minimum absolute atomic E-state index is 0.0771. The van der Waals surface area contributed by atoms with E-state index < -0.39 is 0 Å². The zero-order valence-electron chi connectivity index (χ0n) is 14.5. The zero-order chi connectivity index (χ0) is 18.2. The Hall–Kier alpha value is -3.60. The number of aromatic nitrogens is 4. The van der Waals surface area contributed by atoms with Gasteiger partial charge in [-0.1, -0.05) is 36.4 Å². The SMILES string of the molecule is O=c1c2cccnc2ncn1Cc1ccc(-c2cnc3c(c2)C=CC3)cc1. The highest BCUT2D eigenvalue weighted by molar-refractivity contribution is 5.72. The third-order valence-electron chi connectivity index (χ3n) is 4.85. The number of hydrogen-bond donors (Lipinski definition) is 0. The van der Waals surface area contributed by atoms with Gasteiger partial charge in [-0.3, -0.25) is 14.3 Å². The van der Waals surface area contributed by atoms with Crippen molar-refractivity contribution < 1.29 is 0 Å². The highest BCUT2D eigenvalue weighted by Gasteiger charge is 2.09. The Kier molecular flexibility index (Phi) is 3.64. The molecule has 5 rings (SSSR count). The van der Waals surface area contributed by atoms with Gasteiger partial charge < -0.3 is 0 Å². The van der Waals surface area contributed by atoms with Crippen LogP contribution in [0.1, 0.15) is 16.8 Å². The molecule has 0 N–H and O–H groups in total. The van der Waals surface area contributed by atoms with Gasteiger partial charge in [0.1, 0.15) is 6.33 Å². The highest BCUT2D eigenvalue weighted by atomic mass is 16.1. The Morgan fingerprint density at radius 1 is 1.00 bits per heavy atom. The number of benzene rings is 1. The summed E-state index contributed by atoms with van der Waals surface area (Å²) >= 11 is 0. The summed E-state index contributed by atoms with van der Waals surface area (Å²) in [5.41, 5.74) is 5.98. The van der Waals surface area contributed by atoms with Crippen LogP contribution < -0.4 is 5.56 Å². The van der Waals surface area contributed by atoms with Gasteiger partial charge in [0, 0.05) is 24.4 Å². The molecule has 1 aliphatic carbocycles. The lowest BCUT2D eigenvalue weighted by molar-refractivity contribution is 0.747. The molecule has 1 aliphatic rings. The minimum Gasteiger partial charge on any atom is -0.294 e. The smallest absolute Gasteiger partial charge is 0.263 e. The van der Waals surface area contributed by atoms with Crippen LogP contribution >= 0.6 is 0 Å². The van der Waals surface area contributed by atoms with Crippen molar-refractivity contribution in [3.8, 4) is 11.1 Å². The maximum Gasteiger partial charge on any atom is 0.263 e. The summed E-state index contributed by atoms with van der Waals surface area (Å²) in [5.74, 6) is 0. The Morgan fingerprint density at radius 2 is 1.89 bits per heavy atom. The van der Waals surface area contributed by atoms with E-state index in [1.165, 1.54) is 5.56 Å². The maximum atomic E-state index is 12.6. The lowest BCUT2D eigenvalue weighted by Crippen LogP contribution is -2.21. The van der Waals surface area contributed by atoms with Gasteiger partial charge >= 0.3 is 0 Å². The van der Waals surface area contributed by atoms with Crippen molar-refractivity contribution in [2.45, 2.75) is 13.0 Å². The van der Waals surface area contributed by atoms with Crippen molar-refractivity contribution in [2.75, 3.05) is 0 Å². The van der Waals surface area contributed by atoms with Crippen LogP contribution in [0.15, 0.2) is 72.1 Å². The number of nitrogens with zero attached hydrogens (tertiary/aromatic N) is 4. The topological polar surface area (TPSA) is 60.7 Å². The Balaban J connectivity index is 1.43. The maximum absolute atomic E-state index is 12.6. The fraction of sp³-hybridized carbons (Fsp3) is 0.0909. The van der Waals surface area contributed by atoms with Crippen molar-refractivity contribution in [3.63, 3.8) is 0 Å². The first-order chi connectivity index (χ1) is 13.3. The van der Waals surface area contributed by atoms with Crippen LogP contribution in [0.25, 0.3) is 28.2 Å². The summed E-state index contributed by atoms with van der Waals surface area (Å²) in [7, 11) is 0. The van der Waals surface area contributed by atoms with Crippen LogP contribution in [-0.4, -0.2) is 19.5 Å². The van der Waals surface area contributed by atoms with E-state index in [4.69, 9.17) is 0 Å². The van der Waals surface area contributed by atoms with Gasteiger partial charge in [0.2, 0.25) is 0 Å². The van der Waals surface area contributed by atoms with Crippen molar-refractivity contribution in [2.24, 2.45) is 0 Å². The van der Waals surface area contributed by atoms with Crippen LogP contribution in [0.2, 0.25) is 0 Å². The van der Waals surface area contributed by atoms with Gasteiger partial charge in [0.05, 0.1) is 17.6 Å². The summed E-state index contributed by atoms with van der Waals surface area (Å²) < 4.78 is 1.61. The molecule has 0 amide bonds. The summed E-state index contributed by atoms with van der Waals surface area (Å²) in [6.07, 6.45) is 10.3.